The van der Waals surface area contributed by atoms with Crippen LogP contribution >= 0.6 is 0 Å². The zero-order valence-corrected chi connectivity index (χ0v) is 13.4. The Balaban J connectivity index is 1.59. The molecule has 11 heteroatoms. The van der Waals surface area contributed by atoms with Crippen LogP contribution in [-0.4, -0.2) is 32.0 Å². The Hall–Kier alpha value is -3.76. The van der Waals surface area contributed by atoms with Crippen LogP contribution in [0.15, 0.2) is 54.9 Å². The monoisotopic (exact) mass is 376 g/mol. The van der Waals surface area contributed by atoms with E-state index in [2.05, 4.69) is 26.4 Å². The van der Waals surface area contributed by atoms with E-state index in [9.17, 15) is 22.8 Å². The molecule has 0 spiro atoms. The third kappa shape index (κ3) is 4.26. The van der Waals surface area contributed by atoms with Gasteiger partial charge in [-0.25, -0.2) is 4.68 Å². The van der Waals surface area contributed by atoms with Gasteiger partial charge in [0.05, 0.1) is 11.3 Å². The molecule has 0 aliphatic rings. The molecule has 0 fully saturated rings. The van der Waals surface area contributed by atoms with Crippen molar-refractivity contribution in [3.63, 3.8) is 0 Å². The molecule has 0 bridgehead atoms. The molecular formula is C16H11F3N6O2. The quantitative estimate of drug-likeness (QED) is 0.678. The van der Waals surface area contributed by atoms with Gasteiger partial charge in [0, 0.05) is 11.1 Å². The van der Waals surface area contributed by atoms with Crippen LogP contribution in [0.3, 0.4) is 0 Å². The van der Waals surface area contributed by atoms with Crippen molar-refractivity contribution in [2.24, 2.45) is 0 Å². The van der Waals surface area contributed by atoms with Crippen molar-refractivity contribution in [3.05, 3.63) is 71.5 Å². The number of nitrogens with zero attached hydrogens (tertiary/aromatic N) is 4. The Bertz CT molecular complexity index is 938. The Labute approximate surface area is 150 Å². The van der Waals surface area contributed by atoms with E-state index in [1.54, 1.807) is 12.1 Å². The number of aromatic nitrogens is 4. The molecule has 3 rings (SSSR count). The first kappa shape index (κ1) is 18.0. The van der Waals surface area contributed by atoms with Crippen LogP contribution in [-0.2, 0) is 6.18 Å². The molecule has 2 N–H and O–H groups in total. The first-order valence-electron chi connectivity index (χ1n) is 7.46. The minimum atomic E-state index is -4.49. The summed E-state index contributed by atoms with van der Waals surface area (Å²) in [6.07, 6.45) is -3.10. The van der Waals surface area contributed by atoms with E-state index in [0.717, 1.165) is 24.3 Å². The summed E-state index contributed by atoms with van der Waals surface area (Å²) in [4.78, 5) is 24.0. The summed E-state index contributed by atoms with van der Waals surface area (Å²) in [6, 6.07) is 9.80. The van der Waals surface area contributed by atoms with E-state index < -0.39 is 23.6 Å². The number of tetrazole rings is 1. The number of amides is 2. The second kappa shape index (κ2) is 7.23. The summed E-state index contributed by atoms with van der Waals surface area (Å²) in [6.45, 7) is 0. The summed E-state index contributed by atoms with van der Waals surface area (Å²) in [5, 5.41) is 10.7. The van der Waals surface area contributed by atoms with Crippen molar-refractivity contribution >= 4 is 11.8 Å². The smallest absolute Gasteiger partial charge is 0.267 e. The van der Waals surface area contributed by atoms with Crippen molar-refractivity contribution in [2.45, 2.75) is 6.18 Å². The van der Waals surface area contributed by atoms with Gasteiger partial charge in [0.2, 0.25) is 0 Å². The van der Waals surface area contributed by atoms with Gasteiger partial charge in [0.15, 0.2) is 0 Å². The lowest BCUT2D eigenvalue weighted by molar-refractivity contribution is -0.137. The van der Waals surface area contributed by atoms with E-state index in [0.29, 0.717) is 5.69 Å². The van der Waals surface area contributed by atoms with Crippen LogP contribution in [0.1, 0.15) is 26.3 Å². The number of carbonyl (C=O) groups excluding carboxylic acids is 2. The molecule has 0 unspecified atom stereocenters. The molecule has 2 amide bonds. The Kier molecular flexibility index (Phi) is 4.83. The third-order valence-electron chi connectivity index (χ3n) is 3.51. The van der Waals surface area contributed by atoms with Gasteiger partial charge in [-0.05, 0) is 59.0 Å². The lowest BCUT2D eigenvalue weighted by Gasteiger charge is -2.09. The fourth-order valence-electron chi connectivity index (χ4n) is 2.11. The zero-order valence-electron chi connectivity index (χ0n) is 13.4. The number of hydrogen-bond donors (Lipinski definition) is 2. The molecule has 0 aliphatic carbocycles. The maximum Gasteiger partial charge on any atom is 0.416 e. The Morgan fingerprint density at radius 2 is 1.37 bits per heavy atom. The summed E-state index contributed by atoms with van der Waals surface area (Å²) >= 11 is 0. The van der Waals surface area contributed by atoms with Crippen LogP contribution in [0.25, 0.3) is 5.69 Å². The second-order valence-electron chi connectivity index (χ2n) is 5.28. The fraction of sp³-hybridized carbons (Fsp3) is 0.0625. The molecule has 27 heavy (non-hydrogen) atoms. The highest BCUT2D eigenvalue weighted by Crippen LogP contribution is 2.29. The molecule has 138 valence electrons. The number of hydrogen-bond acceptors (Lipinski definition) is 5. The summed E-state index contributed by atoms with van der Waals surface area (Å²) in [5.74, 6) is -1.35. The molecule has 2 aromatic carbocycles. The lowest BCUT2D eigenvalue weighted by Crippen LogP contribution is -2.41. The topological polar surface area (TPSA) is 102 Å². The van der Waals surface area contributed by atoms with Crippen LogP contribution in [0.2, 0.25) is 0 Å². The van der Waals surface area contributed by atoms with E-state index in [1.807, 2.05) is 0 Å². The van der Waals surface area contributed by atoms with Crippen LogP contribution < -0.4 is 10.9 Å². The lowest BCUT2D eigenvalue weighted by atomic mass is 10.1. The van der Waals surface area contributed by atoms with Gasteiger partial charge < -0.3 is 0 Å². The minimum Gasteiger partial charge on any atom is -0.267 e. The van der Waals surface area contributed by atoms with Crippen molar-refractivity contribution < 1.29 is 22.8 Å². The van der Waals surface area contributed by atoms with Crippen molar-refractivity contribution in [1.29, 1.82) is 0 Å². The predicted octanol–water partition coefficient (Wildman–Crippen LogP) is 1.76. The van der Waals surface area contributed by atoms with Gasteiger partial charge in [-0.1, -0.05) is 0 Å². The molecule has 0 saturated heterocycles. The van der Waals surface area contributed by atoms with Gasteiger partial charge in [-0.2, -0.15) is 13.2 Å². The number of nitrogens with one attached hydrogen (secondary N) is 2. The van der Waals surface area contributed by atoms with Gasteiger partial charge >= 0.3 is 6.18 Å². The number of alkyl halides is 3. The molecule has 0 saturated carbocycles. The average molecular weight is 376 g/mol. The predicted molar refractivity (Wildman–Crippen MR) is 85.5 cm³/mol. The van der Waals surface area contributed by atoms with Gasteiger partial charge in [-0.15, -0.1) is 5.10 Å². The third-order valence-corrected chi connectivity index (χ3v) is 3.51. The highest BCUT2D eigenvalue weighted by molar-refractivity contribution is 5.99. The maximum absolute atomic E-state index is 12.5. The molecule has 1 heterocycles. The number of benzene rings is 2. The zero-order chi connectivity index (χ0) is 19.4. The van der Waals surface area contributed by atoms with Gasteiger partial charge in [-0.3, -0.25) is 20.4 Å². The summed E-state index contributed by atoms with van der Waals surface area (Å²) in [5.41, 5.74) is 4.31. The molecule has 0 atom stereocenters. The normalized spacial score (nSPS) is 11.1. The number of rotatable bonds is 3. The molecule has 3 aromatic rings. The minimum absolute atomic E-state index is 0.0302. The van der Waals surface area contributed by atoms with Crippen LogP contribution in [0.5, 0.6) is 0 Å². The fourth-order valence-corrected chi connectivity index (χ4v) is 2.11. The van der Waals surface area contributed by atoms with E-state index in [1.165, 1.54) is 23.1 Å². The molecule has 8 nitrogen and oxygen atoms in total. The SMILES string of the molecule is O=C(NNC(=O)c1ccc(C(F)(F)F)cc1)c1ccc(-n2cnnn2)cc1. The largest absolute Gasteiger partial charge is 0.416 e. The van der Waals surface area contributed by atoms with Crippen molar-refractivity contribution in [1.82, 2.24) is 31.1 Å². The average Bonchev–Trinajstić information content (AvgIpc) is 3.20. The first-order valence-corrected chi connectivity index (χ1v) is 7.46. The molecule has 0 aliphatic heterocycles. The first-order chi connectivity index (χ1) is 12.8. The number of halogens is 3. The van der Waals surface area contributed by atoms with E-state index >= 15 is 0 Å². The van der Waals surface area contributed by atoms with Gasteiger partial charge in [0.25, 0.3) is 11.8 Å². The Morgan fingerprint density at radius 3 is 1.81 bits per heavy atom. The summed E-state index contributed by atoms with van der Waals surface area (Å²) in [7, 11) is 0. The van der Waals surface area contributed by atoms with E-state index in [4.69, 9.17) is 0 Å². The van der Waals surface area contributed by atoms with Gasteiger partial charge in [0.1, 0.15) is 6.33 Å². The van der Waals surface area contributed by atoms with Crippen LogP contribution in [0, 0.1) is 0 Å². The molecular weight excluding hydrogens is 365 g/mol. The summed E-state index contributed by atoms with van der Waals surface area (Å²) < 4.78 is 38.9. The Morgan fingerprint density at radius 1 is 0.852 bits per heavy atom. The van der Waals surface area contributed by atoms with E-state index in [-0.39, 0.29) is 11.1 Å². The van der Waals surface area contributed by atoms with Crippen molar-refractivity contribution in [3.8, 4) is 5.69 Å². The number of hydrazine groups is 1. The number of carbonyl (C=O) groups is 2. The molecule has 0 radical (unpaired) electrons. The van der Waals surface area contributed by atoms with Crippen LogP contribution in [0.4, 0.5) is 13.2 Å². The second-order valence-corrected chi connectivity index (χ2v) is 5.28. The standard InChI is InChI=1S/C16H11F3N6O2/c17-16(18,19)12-5-1-10(2-6-12)14(26)21-22-15(27)11-3-7-13(8-4-11)25-9-20-23-24-25/h1-9H,(H,21,26)(H,22,27). The molecule has 1 aromatic heterocycles. The highest BCUT2D eigenvalue weighted by atomic mass is 19.4. The maximum atomic E-state index is 12.5. The van der Waals surface area contributed by atoms with Crippen molar-refractivity contribution in [2.75, 3.05) is 0 Å². The highest BCUT2D eigenvalue weighted by Gasteiger charge is 2.30.